The molecule has 5 nitrogen and oxygen atoms in total. The average Bonchev–Trinajstić information content (AvgIpc) is 3.08. The maximum Gasteiger partial charge on any atom is 0.306 e. The van der Waals surface area contributed by atoms with Gasteiger partial charge < -0.3 is 20.4 Å². The third-order valence-electron chi connectivity index (χ3n) is 11.0. The van der Waals surface area contributed by atoms with Crippen LogP contribution in [0.25, 0.3) is 0 Å². The number of carboxylic acids is 1. The molecule has 4 aliphatic rings. The van der Waals surface area contributed by atoms with E-state index in [1.54, 1.807) is 6.08 Å². The first kappa shape index (κ1) is 24.2. The van der Waals surface area contributed by atoms with Gasteiger partial charge in [-0.2, -0.15) is 0 Å². The van der Waals surface area contributed by atoms with Gasteiger partial charge in [-0.25, -0.2) is 0 Å². The molecule has 4 aliphatic carbocycles. The Balaban J connectivity index is 1.59. The fraction of sp³-hybridized carbons (Fsp3) is 0.889. The third-order valence-corrected chi connectivity index (χ3v) is 11.0. The molecule has 5 heteroatoms. The van der Waals surface area contributed by atoms with E-state index in [1.165, 1.54) is 0 Å². The average molecular weight is 449 g/mol. The van der Waals surface area contributed by atoms with Gasteiger partial charge in [0.2, 0.25) is 0 Å². The van der Waals surface area contributed by atoms with Crippen molar-refractivity contribution >= 4 is 5.97 Å². The zero-order valence-electron chi connectivity index (χ0n) is 20.1. The summed E-state index contributed by atoms with van der Waals surface area (Å²) in [6, 6.07) is 0. The van der Waals surface area contributed by atoms with Gasteiger partial charge in [0.05, 0.1) is 24.2 Å². The Labute approximate surface area is 193 Å². The lowest BCUT2D eigenvalue weighted by Gasteiger charge is -2.63. The van der Waals surface area contributed by atoms with E-state index in [-0.39, 0.29) is 46.7 Å². The molecule has 0 amide bonds. The first-order valence-corrected chi connectivity index (χ1v) is 12.9. The molecule has 0 saturated heterocycles. The van der Waals surface area contributed by atoms with Crippen LogP contribution in [0.3, 0.4) is 0 Å². The summed E-state index contributed by atoms with van der Waals surface area (Å²) in [5, 5.41) is 42.9. The topological polar surface area (TPSA) is 98.0 Å². The lowest BCUT2D eigenvalue weighted by atomic mass is 9.43. The van der Waals surface area contributed by atoms with Crippen LogP contribution in [0.1, 0.15) is 78.6 Å². The summed E-state index contributed by atoms with van der Waals surface area (Å²) in [7, 11) is 0. The summed E-state index contributed by atoms with van der Waals surface area (Å²) in [6.45, 7) is 10.5. The molecule has 0 radical (unpaired) electrons. The van der Waals surface area contributed by atoms with Gasteiger partial charge >= 0.3 is 5.97 Å². The number of hydrogen-bond donors (Lipinski definition) is 4. The smallest absolute Gasteiger partial charge is 0.306 e. The number of aliphatic carboxylic acids is 1. The Morgan fingerprint density at radius 2 is 1.81 bits per heavy atom. The molecule has 4 fully saturated rings. The van der Waals surface area contributed by atoms with Crippen LogP contribution in [-0.2, 0) is 4.79 Å². The van der Waals surface area contributed by atoms with Gasteiger partial charge in [-0.15, -0.1) is 6.58 Å². The minimum Gasteiger partial charge on any atom is -0.481 e. The molecule has 0 aliphatic heterocycles. The zero-order chi connectivity index (χ0) is 23.4. The first-order chi connectivity index (χ1) is 15.0. The number of aliphatic hydroxyl groups excluding tert-OH is 3. The van der Waals surface area contributed by atoms with E-state index in [0.717, 1.165) is 44.9 Å². The van der Waals surface area contributed by atoms with Crippen molar-refractivity contribution in [2.45, 2.75) is 96.9 Å². The Kier molecular flexibility index (Phi) is 6.59. The van der Waals surface area contributed by atoms with E-state index < -0.39 is 18.0 Å². The van der Waals surface area contributed by atoms with Crippen molar-refractivity contribution in [3.05, 3.63) is 12.7 Å². The van der Waals surface area contributed by atoms with Crippen molar-refractivity contribution < 1.29 is 25.2 Å². The number of hydrogen-bond acceptors (Lipinski definition) is 4. The van der Waals surface area contributed by atoms with Crippen LogP contribution in [0.2, 0.25) is 0 Å². The molecule has 182 valence electrons. The maximum absolute atomic E-state index is 11.7. The summed E-state index contributed by atoms with van der Waals surface area (Å²) in [5.74, 6) is 0.358. The molecule has 32 heavy (non-hydrogen) atoms. The lowest BCUT2D eigenvalue weighted by molar-refractivity contribution is -0.207. The number of aliphatic hydroxyl groups is 3. The van der Waals surface area contributed by atoms with Crippen molar-refractivity contribution in [2.75, 3.05) is 0 Å². The third kappa shape index (κ3) is 3.67. The molecular weight excluding hydrogens is 404 g/mol. The van der Waals surface area contributed by atoms with Gasteiger partial charge in [0.1, 0.15) is 0 Å². The Bertz CT molecular complexity index is 723. The second-order valence-corrected chi connectivity index (χ2v) is 12.3. The molecule has 0 aromatic heterocycles. The van der Waals surface area contributed by atoms with Gasteiger partial charge in [0, 0.05) is 0 Å². The van der Waals surface area contributed by atoms with Crippen LogP contribution in [0, 0.1) is 52.3 Å². The fourth-order valence-corrected chi connectivity index (χ4v) is 9.24. The summed E-state index contributed by atoms with van der Waals surface area (Å²) in [5.41, 5.74) is -0.205. The number of carboxylic acid groups (broad SMARTS) is 1. The molecule has 4 saturated carbocycles. The van der Waals surface area contributed by atoms with E-state index in [4.69, 9.17) is 0 Å². The minimum atomic E-state index is -0.762. The predicted molar refractivity (Wildman–Crippen MR) is 124 cm³/mol. The standard InChI is InChI=1S/C27H44O5/c1-5-6-16(25(31)32)11-15(2)19-7-8-20-24-21(14-23(30)27(19,20)4)26(3)10-9-18(28)12-17(26)13-22(24)29/h5,15-24,28-30H,1,6-14H2,2-4H3,(H,31,32)/t15-,16+,17+,18-,19-,20+,21+,22-,23+,24+,26+,27-/m1/s1. The molecule has 4 N–H and O–H groups in total. The van der Waals surface area contributed by atoms with E-state index in [9.17, 15) is 25.2 Å². The van der Waals surface area contributed by atoms with Crippen molar-refractivity contribution in [1.82, 2.24) is 0 Å². The molecule has 4 rings (SSSR count). The molecule has 0 aromatic carbocycles. The van der Waals surface area contributed by atoms with Crippen LogP contribution in [0.4, 0.5) is 0 Å². The second-order valence-electron chi connectivity index (χ2n) is 12.3. The Hall–Kier alpha value is -0.910. The van der Waals surface area contributed by atoms with Crippen LogP contribution in [0.5, 0.6) is 0 Å². The number of fused-ring (bicyclic) bond motifs is 5. The number of carbonyl (C=O) groups is 1. The highest BCUT2D eigenvalue weighted by Crippen LogP contribution is 2.68. The summed E-state index contributed by atoms with van der Waals surface area (Å²) < 4.78 is 0. The highest BCUT2D eigenvalue weighted by atomic mass is 16.4. The lowest BCUT2D eigenvalue weighted by Crippen LogP contribution is -2.62. The molecule has 0 heterocycles. The second kappa shape index (κ2) is 8.70. The molecule has 12 atom stereocenters. The van der Waals surface area contributed by atoms with E-state index in [0.29, 0.717) is 24.7 Å². The van der Waals surface area contributed by atoms with E-state index in [1.807, 2.05) is 0 Å². The van der Waals surface area contributed by atoms with Crippen LogP contribution < -0.4 is 0 Å². The molecule has 0 spiro atoms. The minimum absolute atomic E-state index is 0.0769. The molecule has 0 bridgehead atoms. The van der Waals surface area contributed by atoms with Crippen molar-refractivity contribution in [3.8, 4) is 0 Å². The van der Waals surface area contributed by atoms with Crippen molar-refractivity contribution in [2.24, 2.45) is 52.3 Å². The molecular formula is C27H44O5. The SMILES string of the molecule is C=CC[C@@H](C[C@@H](C)[C@H]1CC[C@H]2[C@@H]3[C@H](O)C[C@@H]4C[C@H](O)CC[C@]4(C)[C@H]3C[C@H](O)[C@]12C)C(=O)O. The Morgan fingerprint density at radius 3 is 2.47 bits per heavy atom. The highest BCUT2D eigenvalue weighted by Gasteiger charge is 2.65. The van der Waals surface area contributed by atoms with Gasteiger partial charge in [-0.05, 0) is 104 Å². The van der Waals surface area contributed by atoms with Crippen LogP contribution >= 0.6 is 0 Å². The van der Waals surface area contributed by atoms with E-state index in [2.05, 4.69) is 27.4 Å². The van der Waals surface area contributed by atoms with Crippen molar-refractivity contribution in [3.63, 3.8) is 0 Å². The van der Waals surface area contributed by atoms with Crippen LogP contribution in [0.15, 0.2) is 12.7 Å². The maximum atomic E-state index is 11.7. The quantitative estimate of drug-likeness (QED) is 0.455. The summed E-state index contributed by atoms with van der Waals surface area (Å²) >= 11 is 0. The first-order valence-electron chi connectivity index (χ1n) is 12.9. The largest absolute Gasteiger partial charge is 0.481 e. The monoisotopic (exact) mass is 448 g/mol. The predicted octanol–water partition coefficient (Wildman–Crippen LogP) is 4.25. The van der Waals surface area contributed by atoms with E-state index >= 15 is 0 Å². The zero-order valence-corrected chi connectivity index (χ0v) is 20.1. The highest BCUT2D eigenvalue weighted by molar-refractivity contribution is 5.70. The van der Waals surface area contributed by atoms with Gasteiger partial charge in [0.15, 0.2) is 0 Å². The summed E-state index contributed by atoms with van der Waals surface area (Å²) in [6.07, 6.45) is 7.77. The molecule has 0 aromatic rings. The molecule has 0 unspecified atom stereocenters. The van der Waals surface area contributed by atoms with Gasteiger partial charge in [0.25, 0.3) is 0 Å². The fourth-order valence-electron chi connectivity index (χ4n) is 9.24. The summed E-state index contributed by atoms with van der Waals surface area (Å²) in [4.78, 5) is 11.7. The Morgan fingerprint density at radius 1 is 1.09 bits per heavy atom. The van der Waals surface area contributed by atoms with Crippen molar-refractivity contribution in [1.29, 1.82) is 0 Å². The van der Waals surface area contributed by atoms with Gasteiger partial charge in [-0.3, -0.25) is 4.79 Å². The number of rotatable bonds is 6. The van der Waals surface area contributed by atoms with Crippen LogP contribution in [-0.4, -0.2) is 44.7 Å². The van der Waals surface area contributed by atoms with Gasteiger partial charge in [-0.1, -0.05) is 26.8 Å². The normalized spacial score (nSPS) is 49.9. The number of allylic oxidation sites excluding steroid dienone is 1.